The van der Waals surface area contributed by atoms with Gasteiger partial charge >= 0.3 is 59.7 Å². The molecular formula is C60H50O28. The van der Waals surface area contributed by atoms with E-state index in [1.165, 1.54) is 18.2 Å². The Hall–Kier alpha value is -11.6. The second-order valence-corrected chi connectivity index (χ2v) is 19.4. The van der Waals surface area contributed by atoms with E-state index in [-0.39, 0.29) is 39.5 Å². The van der Waals surface area contributed by atoms with E-state index < -0.39 is 188 Å². The largest absolute Gasteiger partial charge is 0.504 e. The quantitative estimate of drug-likeness (QED) is 0.0353. The molecule has 8 rings (SSSR count). The maximum atomic E-state index is 14.9. The van der Waals surface area contributed by atoms with Crippen LogP contribution >= 0.6 is 0 Å². The van der Waals surface area contributed by atoms with Gasteiger partial charge in [0.2, 0.25) is 0 Å². The summed E-state index contributed by atoms with van der Waals surface area (Å²) in [6.45, 7) is 8.07. The average Bonchev–Trinajstić information content (AvgIpc) is 0.740. The first-order chi connectivity index (χ1) is 41.5. The van der Waals surface area contributed by atoms with Crippen LogP contribution in [-0.4, -0.2) is 103 Å². The molecule has 28 heteroatoms. The van der Waals surface area contributed by atoms with Gasteiger partial charge in [0.05, 0.1) is 17.0 Å². The third-order valence-corrected chi connectivity index (χ3v) is 12.7. The highest BCUT2D eigenvalue weighted by Gasteiger charge is 2.51. The highest BCUT2D eigenvalue weighted by atomic mass is 16.6. The standard InChI is InChI=1S/C60H50O28/c1-23(61)77-35-19-46(83-29(7)67)50-47(20-35)85-56(32-10-12-42(79-25(3)63)45(18-32)82-28(6)66)58(88-60(76)34-15-39(71)54(74)40(72)16-34)52(50)51-48(84-30(8)68)22-43(80-26(4)64)36-21-49(86-59(75)33-13-37(69)53(73)38(70)14-33)55(87-57(36)51)31-9-11-41(78-24(2)62)44(17-31)81-27(5)65/h9-20,22,49,52,55-56,58,69-74H,21H2,1-8H3/t49-,52-,55+,56+,58-/m0/s1. The summed E-state index contributed by atoms with van der Waals surface area (Å²) >= 11 is 0. The van der Waals surface area contributed by atoms with Crippen molar-refractivity contribution in [1.82, 2.24) is 0 Å². The topological polar surface area (TPSA) is 403 Å². The van der Waals surface area contributed by atoms with Crippen LogP contribution in [0.2, 0.25) is 0 Å². The molecule has 5 atom stereocenters. The Bertz CT molecular complexity index is 3890. The molecule has 2 aliphatic rings. The maximum absolute atomic E-state index is 14.9. The lowest BCUT2D eigenvalue weighted by Crippen LogP contribution is -2.41. The molecule has 0 aliphatic carbocycles. The van der Waals surface area contributed by atoms with E-state index in [0.717, 1.165) is 104 Å². The van der Waals surface area contributed by atoms with Gasteiger partial charge in [-0.25, -0.2) is 9.59 Å². The molecule has 0 saturated carbocycles. The molecule has 0 bridgehead atoms. The number of hydrogen-bond donors (Lipinski definition) is 6. The molecule has 0 aromatic heterocycles. The SMILES string of the molecule is CC(=O)Oc1cc(OC(C)=O)c2c(c1)O[C@H](c1ccc(OC(C)=O)c(OC(C)=O)c1)[C@@H](OC(=O)c1cc(O)c(O)c(O)c1)[C@@H]2c1c(OC(C)=O)cc(OC(C)=O)c2c1O[C@H](c1ccc(OC(C)=O)c(OC(C)=O)c1)[C@@H](OC(=O)c1cc(O)c(O)c(O)c1)C2. The minimum Gasteiger partial charge on any atom is -0.504 e. The molecule has 0 amide bonds. The van der Waals surface area contributed by atoms with Gasteiger partial charge in [-0.1, -0.05) is 12.1 Å². The number of phenols is 6. The van der Waals surface area contributed by atoms with Gasteiger partial charge in [-0.3, -0.25) is 38.4 Å². The molecular weight excluding hydrogens is 1170 g/mol. The van der Waals surface area contributed by atoms with Crippen molar-refractivity contribution in [3.63, 3.8) is 0 Å². The Balaban J connectivity index is 1.53. The summed E-state index contributed by atoms with van der Waals surface area (Å²) in [5.41, 5.74) is -2.46. The summed E-state index contributed by atoms with van der Waals surface area (Å²) in [5, 5.41) is 62.7. The summed E-state index contributed by atoms with van der Waals surface area (Å²) < 4.78 is 70.7. The number of carbonyl (C=O) groups is 10. The zero-order valence-corrected chi connectivity index (χ0v) is 47.3. The van der Waals surface area contributed by atoms with Crippen molar-refractivity contribution in [3.8, 4) is 92.0 Å². The second kappa shape index (κ2) is 25.3. The van der Waals surface area contributed by atoms with Gasteiger partial charge in [0.1, 0.15) is 40.6 Å². The third kappa shape index (κ3) is 13.8. The normalized spacial score (nSPS) is 16.2. The Morgan fingerprint density at radius 1 is 0.398 bits per heavy atom. The first-order valence-electron chi connectivity index (χ1n) is 25.8. The fraction of sp³-hybridized carbons (Fsp3) is 0.233. The molecule has 0 saturated heterocycles. The van der Waals surface area contributed by atoms with Crippen molar-refractivity contribution in [1.29, 1.82) is 0 Å². The zero-order chi connectivity index (χ0) is 64.3. The molecule has 6 aromatic rings. The average molecular weight is 1220 g/mol. The van der Waals surface area contributed by atoms with Crippen LogP contribution in [0, 0.1) is 0 Å². The second-order valence-electron chi connectivity index (χ2n) is 19.4. The smallest absolute Gasteiger partial charge is 0.338 e. The molecule has 6 N–H and O–H groups in total. The van der Waals surface area contributed by atoms with Crippen LogP contribution in [0.25, 0.3) is 0 Å². The van der Waals surface area contributed by atoms with Crippen molar-refractivity contribution in [2.24, 2.45) is 0 Å². The fourth-order valence-corrected chi connectivity index (χ4v) is 9.55. The van der Waals surface area contributed by atoms with E-state index in [0.29, 0.717) is 12.1 Å². The molecule has 458 valence electrons. The van der Waals surface area contributed by atoms with Gasteiger partial charge in [-0.15, -0.1) is 0 Å². The Morgan fingerprint density at radius 2 is 0.795 bits per heavy atom. The Morgan fingerprint density at radius 3 is 1.25 bits per heavy atom. The lowest BCUT2D eigenvalue weighted by Gasteiger charge is -2.42. The molecule has 6 aromatic carbocycles. The van der Waals surface area contributed by atoms with E-state index in [4.69, 9.17) is 56.8 Å². The highest BCUT2D eigenvalue weighted by molar-refractivity contribution is 5.92. The predicted molar refractivity (Wildman–Crippen MR) is 290 cm³/mol. The van der Waals surface area contributed by atoms with Crippen molar-refractivity contribution >= 4 is 59.7 Å². The Labute approximate surface area is 495 Å². The number of rotatable bonds is 15. The molecule has 88 heavy (non-hydrogen) atoms. The molecule has 0 fully saturated rings. The van der Waals surface area contributed by atoms with Crippen LogP contribution in [0.3, 0.4) is 0 Å². The number of phenolic OH excluding ortho intramolecular Hbond substituents is 6. The minimum absolute atomic E-state index is 0.0949. The summed E-state index contributed by atoms with van der Waals surface area (Å²) in [4.78, 5) is 132. The molecule has 2 aliphatic heterocycles. The first-order valence-corrected chi connectivity index (χ1v) is 25.8. The fourth-order valence-electron chi connectivity index (χ4n) is 9.55. The van der Waals surface area contributed by atoms with Crippen LogP contribution in [0.4, 0.5) is 0 Å². The van der Waals surface area contributed by atoms with Crippen molar-refractivity contribution < 1.29 is 135 Å². The summed E-state index contributed by atoms with van der Waals surface area (Å²) in [6.07, 6.45) is -8.10. The first kappa shape index (κ1) is 62.5. The van der Waals surface area contributed by atoms with Crippen LogP contribution in [0.1, 0.15) is 122 Å². The van der Waals surface area contributed by atoms with Gasteiger partial charge in [-0.2, -0.15) is 0 Å². The predicted octanol–water partition coefficient (Wildman–Crippen LogP) is 6.72. The van der Waals surface area contributed by atoms with E-state index >= 15 is 0 Å². The number of aromatic hydroxyl groups is 6. The van der Waals surface area contributed by atoms with Crippen molar-refractivity contribution in [2.45, 2.75) is 92.1 Å². The number of benzene rings is 6. The van der Waals surface area contributed by atoms with Gasteiger partial charge in [0, 0.05) is 108 Å². The van der Waals surface area contributed by atoms with E-state index in [9.17, 15) is 78.6 Å². The number of fused-ring (bicyclic) bond motifs is 2. The molecule has 28 nitrogen and oxygen atoms in total. The van der Waals surface area contributed by atoms with Crippen LogP contribution in [-0.2, 0) is 54.3 Å². The van der Waals surface area contributed by atoms with Crippen molar-refractivity contribution in [3.05, 3.63) is 118 Å². The molecule has 0 radical (unpaired) electrons. The van der Waals surface area contributed by atoms with Gasteiger partial charge in [0.25, 0.3) is 0 Å². The maximum Gasteiger partial charge on any atom is 0.338 e. The number of ether oxygens (including phenoxy) is 12. The molecule has 2 heterocycles. The van der Waals surface area contributed by atoms with E-state index in [2.05, 4.69) is 0 Å². The number of hydrogen-bond acceptors (Lipinski definition) is 28. The van der Waals surface area contributed by atoms with Crippen LogP contribution in [0.5, 0.6) is 92.0 Å². The molecule has 0 spiro atoms. The molecule has 0 unspecified atom stereocenters. The van der Waals surface area contributed by atoms with E-state index in [1.54, 1.807) is 0 Å². The Kier molecular flexibility index (Phi) is 18.0. The van der Waals surface area contributed by atoms with Gasteiger partial charge in [0.15, 0.2) is 75.8 Å². The van der Waals surface area contributed by atoms with Gasteiger partial charge in [-0.05, 0) is 48.5 Å². The third-order valence-electron chi connectivity index (χ3n) is 12.7. The van der Waals surface area contributed by atoms with Gasteiger partial charge < -0.3 is 87.5 Å². The van der Waals surface area contributed by atoms with Crippen LogP contribution in [0.15, 0.2) is 78.9 Å². The monoisotopic (exact) mass is 1220 g/mol. The van der Waals surface area contributed by atoms with Crippen LogP contribution < -0.4 is 47.4 Å². The number of esters is 10. The lowest BCUT2D eigenvalue weighted by molar-refractivity contribution is -0.134. The summed E-state index contributed by atoms with van der Waals surface area (Å²) in [7, 11) is 0. The van der Waals surface area contributed by atoms with Crippen molar-refractivity contribution in [2.75, 3.05) is 0 Å². The highest BCUT2D eigenvalue weighted by Crippen LogP contribution is 2.59. The summed E-state index contributed by atoms with van der Waals surface area (Å²) in [5.74, 6) is -22.7. The number of carbonyl (C=O) groups excluding carboxylic acids is 10. The lowest BCUT2D eigenvalue weighted by atomic mass is 9.77. The summed E-state index contributed by atoms with van der Waals surface area (Å²) in [6, 6.07) is 13.2. The minimum atomic E-state index is -2.10. The van der Waals surface area contributed by atoms with E-state index in [1.807, 2.05) is 0 Å². The zero-order valence-electron chi connectivity index (χ0n) is 47.3.